The molecule has 0 bridgehead atoms. The summed E-state index contributed by atoms with van der Waals surface area (Å²) in [4.78, 5) is 12.3. The van der Waals surface area contributed by atoms with Gasteiger partial charge in [0.1, 0.15) is 23.0 Å². The van der Waals surface area contributed by atoms with E-state index >= 15 is 0 Å². The molecule has 0 atom stereocenters. The van der Waals surface area contributed by atoms with E-state index < -0.39 is 5.91 Å². The molecule has 3 rings (SSSR count). The number of nitrogens with one attached hydrogen (secondary N) is 1. The summed E-state index contributed by atoms with van der Waals surface area (Å²) in [5.41, 5.74) is 3.96. The molecule has 7 heteroatoms. The Morgan fingerprint density at radius 2 is 1.96 bits per heavy atom. The Balaban J connectivity index is 1.71. The second kappa shape index (κ2) is 8.56. The summed E-state index contributed by atoms with van der Waals surface area (Å²) in [6.45, 7) is 0. The Morgan fingerprint density at radius 1 is 1.14 bits per heavy atom. The van der Waals surface area contributed by atoms with Gasteiger partial charge in [0.2, 0.25) is 0 Å². The molecule has 2 aromatic carbocycles. The molecule has 3 aromatic rings. The molecule has 140 valence electrons. The number of nitrogens with zero attached hydrogens (tertiary/aromatic N) is 2. The van der Waals surface area contributed by atoms with E-state index in [2.05, 4.69) is 16.6 Å². The topological polar surface area (TPSA) is 96.8 Å². The number of amides is 1. The Bertz CT molecular complexity index is 1060. The maximum Gasteiger partial charge on any atom is 0.275 e. The third-order valence-corrected chi connectivity index (χ3v) is 3.95. The van der Waals surface area contributed by atoms with Crippen molar-refractivity contribution in [1.29, 1.82) is 5.26 Å². The number of nitriles is 1. The average molecular weight is 375 g/mol. The first-order chi connectivity index (χ1) is 13.7. The highest BCUT2D eigenvalue weighted by atomic mass is 16.5. The lowest BCUT2D eigenvalue weighted by Gasteiger charge is -2.08. The van der Waals surface area contributed by atoms with Gasteiger partial charge in [-0.25, -0.2) is 5.43 Å². The van der Waals surface area contributed by atoms with Crippen molar-refractivity contribution < 1.29 is 18.7 Å². The van der Waals surface area contributed by atoms with Crippen molar-refractivity contribution >= 4 is 12.1 Å². The van der Waals surface area contributed by atoms with Crippen LogP contribution in [-0.4, -0.2) is 26.3 Å². The molecule has 1 aromatic heterocycles. The van der Waals surface area contributed by atoms with Crippen LogP contribution < -0.4 is 14.9 Å². The van der Waals surface area contributed by atoms with Crippen molar-refractivity contribution in [3.8, 4) is 28.9 Å². The van der Waals surface area contributed by atoms with Gasteiger partial charge < -0.3 is 13.9 Å². The minimum atomic E-state index is -0.433. The van der Waals surface area contributed by atoms with E-state index in [0.717, 1.165) is 0 Å². The average Bonchev–Trinajstić information content (AvgIpc) is 3.21. The van der Waals surface area contributed by atoms with Crippen LogP contribution in [0.5, 0.6) is 11.5 Å². The lowest BCUT2D eigenvalue weighted by atomic mass is 10.1. The first kappa shape index (κ1) is 18.7. The number of ether oxygens (including phenoxy) is 2. The van der Waals surface area contributed by atoms with Crippen LogP contribution in [-0.2, 0) is 0 Å². The Hall–Kier alpha value is -4.05. The summed E-state index contributed by atoms with van der Waals surface area (Å²) in [5.74, 6) is 1.50. The fraction of sp³-hybridized carbons (Fsp3) is 0.0952. The van der Waals surface area contributed by atoms with Crippen LogP contribution in [0.2, 0.25) is 0 Å². The van der Waals surface area contributed by atoms with Gasteiger partial charge in [0.15, 0.2) is 0 Å². The summed E-state index contributed by atoms with van der Waals surface area (Å²) >= 11 is 0. The van der Waals surface area contributed by atoms with Gasteiger partial charge in [0, 0.05) is 11.6 Å². The molecule has 0 saturated heterocycles. The van der Waals surface area contributed by atoms with Crippen LogP contribution in [0.15, 0.2) is 64.1 Å². The van der Waals surface area contributed by atoms with Gasteiger partial charge in [0.25, 0.3) is 5.91 Å². The molecule has 7 nitrogen and oxygen atoms in total. The third kappa shape index (κ3) is 4.02. The molecule has 0 aliphatic carbocycles. The molecular weight excluding hydrogens is 358 g/mol. The predicted molar refractivity (Wildman–Crippen MR) is 103 cm³/mol. The summed E-state index contributed by atoms with van der Waals surface area (Å²) in [7, 11) is 3.00. The van der Waals surface area contributed by atoms with E-state index in [-0.39, 0.29) is 0 Å². The maximum atomic E-state index is 12.3. The van der Waals surface area contributed by atoms with Crippen LogP contribution in [0.3, 0.4) is 0 Å². The first-order valence-electron chi connectivity index (χ1n) is 8.31. The van der Waals surface area contributed by atoms with Gasteiger partial charge in [-0.05, 0) is 36.4 Å². The third-order valence-electron chi connectivity index (χ3n) is 3.95. The number of furan rings is 1. The van der Waals surface area contributed by atoms with Crippen LogP contribution >= 0.6 is 0 Å². The highest BCUT2D eigenvalue weighted by Gasteiger charge is 2.13. The molecule has 0 aliphatic heterocycles. The lowest BCUT2D eigenvalue weighted by molar-refractivity contribution is 0.0952. The van der Waals surface area contributed by atoms with E-state index in [1.807, 2.05) is 6.07 Å². The summed E-state index contributed by atoms with van der Waals surface area (Å²) in [6.07, 6.45) is 1.38. The van der Waals surface area contributed by atoms with Crippen LogP contribution in [0.1, 0.15) is 21.7 Å². The molecule has 0 fully saturated rings. The quantitative estimate of drug-likeness (QED) is 0.524. The Morgan fingerprint density at radius 3 is 2.71 bits per heavy atom. The molecule has 1 N–H and O–H groups in total. The number of methoxy groups -OCH3 is 2. The van der Waals surface area contributed by atoms with Gasteiger partial charge >= 0.3 is 0 Å². The number of hydrogen-bond donors (Lipinski definition) is 1. The molecule has 1 heterocycles. The van der Waals surface area contributed by atoms with Gasteiger partial charge in [-0.2, -0.15) is 10.4 Å². The van der Waals surface area contributed by atoms with Gasteiger partial charge in [-0.3, -0.25) is 4.79 Å². The van der Waals surface area contributed by atoms with E-state index in [4.69, 9.17) is 13.9 Å². The Labute approximate surface area is 161 Å². The monoisotopic (exact) mass is 375 g/mol. The minimum absolute atomic E-state index is 0.323. The summed E-state index contributed by atoms with van der Waals surface area (Å²) < 4.78 is 16.0. The molecule has 0 aliphatic rings. The molecule has 0 spiro atoms. The summed E-state index contributed by atoms with van der Waals surface area (Å²) in [5, 5.41) is 13.1. The number of hydrogen-bond acceptors (Lipinski definition) is 6. The minimum Gasteiger partial charge on any atom is -0.497 e. The van der Waals surface area contributed by atoms with Crippen molar-refractivity contribution in [1.82, 2.24) is 5.43 Å². The predicted octanol–water partition coefficient (Wildman–Crippen LogP) is 3.60. The van der Waals surface area contributed by atoms with E-state index in [1.165, 1.54) is 20.4 Å². The fourth-order valence-electron chi connectivity index (χ4n) is 2.56. The second-order valence-corrected chi connectivity index (χ2v) is 5.62. The van der Waals surface area contributed by atoms with Crippen molar-refractivity contribution in [2.45, 2.75) is 0 Å². The molecule has 1 amide bonds. The largest absolute Gasteiger partial charge is 0.497 e. The van der Waals surface area contributed by atoms with Crippen LogP contribution in [0.25, 0.3) is 11.3 Å². The maximum absolute atomic E-state index is 12.3. The van der Waals surface area contributed by atoms with E-state index in [1.54, 1.807) is 48.5 Å². The number of benzene rings is 2. The zero-order chi connectivity index (χ0) is 19.9. The highest BCUT2D eigenvalue weighted by Crippen LogP contribution is 2.25. The fourth-order valence-corrected chi connectivity index (χ4v) is 2.56. The van der Waals surface area contributed by atoms with Gasteiger partial charge in [-0.1, -0.05) is 12.1 Å². The molecule has 0 radical (unpaired) electrons. The van der Waals surface area contributed by atoms with Crippen LogP contribution in [0, 0.1) is 11.3 Å². The van der Waals surface area contributed by atoms with Crippen molar-refractivity contribution in [2.24, 2.45) is 5.10 Å². The SMILES string of the molecule is COc1ccc(C(=O)NN=Cc2ccc(-c3ccccc3C#N)o2)c(OC)c1. The number of rotatable bonds is 6. The molecular formula is C21H17N3O4. The van der Waals surface area contributed by atoms with Crippen molar-refractivity contribution in [2.75, 3.05) is 14.2 Å². The zero-order valence-corrected chi connectivity index (χ0v) is 15.3. The normalized spacial score (nSPS) is 10.5. The van der Waals surface area contributed by atoms with Crippen molar-refractivity contribution in [3.05, 3.63) is 71.5 Å². The lowest BCUT2D eigenvalue weighted by Crippen LogP contribution is -2.18. The molecule has 0 unspecified atom stereocenters. The standard InChI is InChI=1S/C21H17N3O4/c1-26-15-7-9-18(20(11-15)27-2)21(25)24-23-13-16-8-10-19(28-16)17-6-4-3-5-14(17)12-22/h3-11,13H,1-2H3,(H,24,25). The highest BCUT2D eigenvalue weighted by molar-refractivity contribution is 5.97. The molecule has 0 saturated carbocycles. The number of carbonyl (C=O) groups is 1. The zero-order valence-electron chi connectivity index (χ0n) is 15.3. The second-order valence-electron chi connectivity index (χ2n) is 5.62. The number of hydrazone groups is 1. The summed E-state index contributed by atoms with van der Waals surface area (Å²) in [6, 6.07) is 17.6. The molecule has 28 heavy (non-hydrogen) atoms. The van der Waals surface area contributed by atoms with Crippen LogP contribution in [0.4, 0.5) is 0 Å². The Kier molecular flexibility index (Phi) is 5.72. The van der Waals surface area contributed by atoms with Crippen molar-refractivity contribution in [3.63, 3.8) is 0 Å². The van der Waals surface area contributed by atoms with Gasteiger partial charge in [0.05, 0.1) is 37.6 Å². The number of carbonyl (C=O) groups excluding carboxylic acids is 1. The van der Waals surface area contributed by atoms with Gasteiger partial charge in [-0.15, -0.1) is 0 Å². The smallest absolute Gasteiger partial charge is 0.275 e. The first-order valence-corrected chi connectivity index (χ1v) is 8.31. The van der Waals surface area contributed by atoms with E-state index in [0.29, 0.717) is 39.7 Å². The van der Waals surface area contributed by atoms with E-state index in [9.17, 15) is 10.1 Å².